The van der Waals surface area contributed by atoms with Crippen molar-refractivity contribution in [1.29, 1.82) is 0 Å². The molecule has 1 fully saturated rings. The molecule has 3 aromatic rings. The standard InChI is InChI=1S/C26H32ClN3O2S2/c1-2-20-6-11-23-24(19-20)34-26(28-23)30(13-4-12-29-14-16-32-17-15-29)25(31)5-3-18-33-22-9-7-21(27)8-10-22/h6-11,19H,2-5,12-18H2,1H3. The molecule has 2 heterocycles. The normalized spacial score (nSPS) is 14.5. The number of morpholine rings is 1. The van der Waals surface area contributed by atoms with Crippen LogP contribution in [0.2, 0.25) is 5.02 Å². The van der Waals surface area contributed by atoms with E-state index in [0.29, 0.717) is 13.0 Å². The Bertz CT molecular complexity index is 1070. The van der Waals surface area contributed by atoms with E-state index in [1.54, 1.807) is 23.1 Å². The Labute approximate surface area is 215 Å². The van der Waals surface area contributed by atoms with E-state index in [4.69, 9.17) is 21.3 Å². The summed E-state index contributed by atoms with van der Waals surface area (Å²) in [4.78, 5) is 23.7. The number of nitrogens with zero attached hydrogens (tertiary/aromatic N) is 3. The van der Waals surface area contributed by atoms with Crippen LogP contribution in [0.15, 0.2) is 47.4 Å². The lowest BCUT2D eigenvalue weighted by molar-refractivity contribution is -0.118. The molecule has 1 amide bonds. The number of anilines is 1. The van der Waals surface area contributed by atoms with Gasteiger partial charge in [0.1, 0.15) is 0 Å². The Kier molecular flexibility index (Phi) is 9.65. The van der Waals surface area contributed by atoms with Crippen LogP contribution in [0.1, 0.15) is 31.7 Å². The third-order valence-corrected chi connectivity index (χ3v) is 8.35. The first-order valence-corrected chi connectivity index (χ1v) is 14.2. The highest BCUT2D eigenvalue weighted by Gasteiger charge is 2.20. The van der Waals surface area contributed by atoms with Gasteiger partial charge in [-0.3, -0.25) is 14.6 Å². The van der Waals surface area contributed by atoms with Crippen LogP contribution in [0.25, 0.3) is 10.2 Å². The average molecular weight is 518 g/mol. The summed E-state index contributed by atoms with van der Waals surface area (Å²) in [5.41, 5.74) is 2.27. The number of ether oxygens (including phenoxy) is 1. The summed E-state index contributed by atoms with van der Waals surface area (Å²) in [6, 6.07) is 14.3. The molecule has 2 aromatic carbocycles. The van der Waals surface area contributed by atoms with Crippen LogP contribution >= 0.6 is 34.7 Å². The van der Waals surface area contributed by atoms with Gasteiger partial charge in [-0.2, -0.15) is 0 Å². The Morgan fingerprint density at radius 3 is 2.74 bits per heavy atom. The zero-order valence-electron chi connectivity index (χ0n) is 19.7. The number of thioether (sulfide) groups is 1. The maximum atomic E-state index is 13.3. The van der Waals surface area contributed by atoms with Gasteiger partial charge in [0.25, 0.3) is 0 Å². The molecule has 0 radical (unpaired) electrons. The van der Waals surface area contributed by atoms with E-state index < -0.39 is 0 Å². The Hall–Kier alpha value is -1.64. The average Bonchev–Trinajstić information content (AvgIpc) is 3.29. The highest BCUT2D eigenvalue weighted by atomic mass is 35.5. The molecule has 8 heteroatoms. The molecule has 0 bridgehead atoms. The molecule has 4 rings (SSSR count). The molecule has 1 saturated heterocycles. The van der Waals surface area contributed by atoms with Crippen LogP contribution in [-0.4, -0.2) is 60.9 Å². The van der Waals surface area contributed by atoms with Gasteiger partial charge < -0.3 is 4.74 Å². The lowest BCUT2D eigenvalue weighted by atomic mass is 10.2. The summed E-state index contributed by atoms with van der Waals surface area (Å²) in [6.45, 7) is 7.36. The summed E-state index contributed by atoms with van der Waals surface area (Å²) in [5.74, 6) is 1.06. The Morgan fingerprint density at radius 2 is 1.97 bits per heavy atom. The fourth-order valence-electron chi connectivity index (χ4n) is 3.98. The van der Waals surface area contributed by atoms with Crippen molar-refractivity contribution in [3.63, 3.8) is 0 Å². The molecule has 0 N–H and O–H groups in total. The predicted octanol–water partition coefficient (Wildman–Crippen LogP) is 6.14. The molecule has 0 unspecified atom stereocenters. The second-order valence-corrected chi connectivity index (χ2v) is 11.0. The smallest absolute Gasteiger partial charge is 0.228 e. The summed E-state index contributed by atoms with van der Waals surface area (Å²) < 4.78 is 6.61. The van der Waals surface area contributed by atoms with Crippen LogP contribution in [0.5, 0.6) is 0 Å². The minimum absolute atomic E-state index is 0.161. The van der Waals surface area contributed by atoms with E-state index in [1.165, 1.54) is 10.5 Å². The van der Waals surface area contributed by atoms with E-state index in [0.717, 1.165) is 78.2 Å². The van der Waals surface area contributed by atoms with Crippen molar-refractivity contribution in [1.82, 2.24) is 9.88 Å². The van der Waals surface area contributed by atoms with Gasteiger partial charge in [0.15, 0.2) is 5.13 Å². The lowest BCUT2D eigenvalue weighted by Gasteiger charge is -2.27. The topological polar surface area (TPSA) is 45.7 Å². The second kappa shape index (κ2) is 12.9. The largest absolute Gasteiger partial charge is 0.379 e. The minimum Gasteiger partial charge on any atom is -0.379 e. The van der Waals surface area contributed by atoms with Gasteiger partial charge >= 0.3 is 0 Å². The summed E-state index contributed by atoms with van der Waals surface area (Å²) in [5, 5.41) is 1.56. The molecule has 0 atom stereocenters. The van der Waals surface area contributed by atoms with Crippen molar-refractivity contribution in [3.05, 3.63) is 53.1 Å². The molecule has 0 saturated carbocycles. The van der Waals surface area contributed by atoms with Crippen LogP contribution < -0.4 is 4.90 Å². The zero-order valence-corrected chi connectivity index (χ0v) is 22.1. The van der Waals surface area contributed by atoms with Crippen molar-refractivity contribution in [2.75, 3.05) is 50.0 Å². The monoisotopic (exact) mass is 517 g/mol. The van der Waals surface area contributed by atoms with Crippen molar-refractivity contribution in [3.8, 4) is 0 Å². The van der Waals surface area contributed by atoms with Crippen molar-refractivity contribution < 1.29 is 9.53 Å². The predicted molar refractivity (Wildman–Crippen MR) is 145 cm³/mol. The minimum atomic E-state index is 0.161. The van der Waals surface area contributed by atoms with E-state index in [2.05, 4.69) is 30.0 Å². The van der Waals surface area contributed by atoms with E-state index in [9.17, 15) is 4.79 Å². The Balaban J connectivity index is 1.38. The van der Waals surface area contributed by atoms with E-state index in [-0.39, 0.29) is 5.91 Å². The number of halogens is 1. The SMILES string of the molecule is CCc1ccc2nc(N(CCCN3CCOCC3)C(=O)CCCSc3ccc(Cl)cc3)sc2c1. The lowest BCUT2D eigenvalue weighted by Crippen LogP contribution is -2.39. The number of rotatable bonds is 11. The van der Waals surface area contributed by atoms with Gasteiger partial charge in [0.05, 0.1) is 23.4 Å². The van der Waals surface area contributed by atoms with Crippen molar-refractivity contribution in [2.45, 2.75) is 37.5 Å². The molecule has 0 aliphatic carbocycles. The number of aryl methyl sites for hydroxylation is 1. The summed E-state index contributed by atoms with van der Waals surface area (Å²) in [7, 11) is 0. The Morgan fingerprint density at radius 1 is 1.18 bits per heavy atom. The molecule has 1 aliphatic rings. The van der Waals surface area contributed by atoms with Crippen LogP contribution in [0.4, 0.5) is 5.13 Å². The maximum absolute atomic E-state index is 13.3. The maximum Gasteiger partial charge on any atom is 0.228 e. The molecule has 34 heavy (non-hydrogen) atoms. The van der Waals surface area contributed by atoms with Gasteiger partial charge in [-0.05, 0) is 67.0 Å². The van der Waals surface area contributed by atoms with Gasteiger partial charge in [0, 0.05) is 42.5 Å². The third kappa shape index (κ3) is 7.18. The van der Waals surface area contributed by atoms with E-state index in [1.807, 2.05) is 29.2 Å². The first-order chi connectivity index (χ1) is 16.6. The number of carbonyl (C=O) groups excluding carboxylic acids is 1. The number of thiazole rings is 1. The third-order valence-electron chi connectivity index (χ3n) is 5.96. The molecule has 5 nitrogen and oxygen atoms in total. The summed E-state index contributed by atoms with van der Waals surface area (Å²) in [6.07, 6.45) is 3.28. The highest BCUT2D eigenvalue weighted by Crippen LogP contribution is 2.31. The van der Waals surface area contributed by atoms with E-state index >= 15 is 0 Å². The number of benzene rings is 2. The molecule has 1 aromatic heterocycles. The fourth-order valence-corrected chi connectivity index (χ4v) is 6.03. The first-order valence-electron chi connectivity index (χ1n) is 12.0. The molecule has 1 aliphatic heterocycles. The summed E-state index contributed by atoms with van der Waals surface area (Å²) >= 11 is 9.36. The van der Waals surface area contributed by atoms with Crippen LogP contribution in [0.3, 0.4) is 0 Å². The van der Waals surface area contributed by atoms with Crippen molar-refractivity contribution in [2.24, 2.45) is 0 Å². The molecular formula is C26H32ClN3O2S2. The van der Waals surface area contributed by atoms with Gasteiger partial charge in [-0.25, -0.2) is 4.98 Å². The van der Waals surface area contributed by atoms with Gasteiger partial charge in [0.2, 0.25) is 5.91 Å². The number of aromatic nitrogens is 1. The number of amides is 1. The zero-order chi connectivity index (χ0) is 23.8. The van der Waals surface area contributed by atoms with Gasteiger partial charge in [-0.15, -0.1) is 11.8 Å². The second-order valence-electron chi connectivity index (χ2n) is 8.41. The number of carbonyl (C=O) groups is 1. The van der Waals surface area contributed by atoms with Crippen LogP contribution in [0, 0.1) is 0 Å². The highest BCUT2D eigenvalue weighted by molar-refractivity contribution is 7.99. The quantitative estimate of drug-likeness (QED) is 0.226. The first kappa shape index (κ1) is 25.5. The van der Waals surface area contributed by atoms with Crippen LogP contribution in [-0.2, 0) is 16.0 Å². The number of hydrogen-bond acceptors (Lipinski definition) is 6. The number of hydrogen-bond donors (Lipinski definition) is 0. The van der Waals surface area contributed by atoms with Gasteiger partial charge in [-0.1, -0.05) is 35.9 Å². The fraction of sp³-hybridized carbons (Fsp3) is 0.462. The molecule has 182 valence electrons. The number of fused-ring (bicyclic) bond motifs is 1. The molecule has 0 spiro atoms. The van der Waals surface area contributed by atoms with Crippen molar-refractivity contribution >= 4 is 56.0 Å². The molecular weight excluding hydrogens is 486 g/mol.